The summed E-state index contributed by atoms with van der Waals surface area (Å²) in [5.41, 5.74) is 2.77. The van der Waals surface area contributed by atoms with Crippen molar-refractivity contribution in [2.75, 3.05) is 0 Å². The Bertz CT molecular complexity index is 259. The molecule has 0 unspecified atom stereocenters. The maximum atomic E-state index is 10.6. The first-order valence-electron chi connectivity index (χ1n) is 3.27. The van der Waals surface area contributed by atoms with Gasteiger partial charge in [-0.05, 0) is 29.3 Å². The Morgan fingerprint density at radius 1 is 1.82 bits per heavy atom. The van der Waals surface area contributed by atoms with Crippen LogP contribution >= 0.6 is 27.3 Å². The number of aromatic nitrogens is 1. The van der Waals surface area contributed by atoms with Crippen molar-refractivity contribution in [1.82, 2.24) is 4.98 Å². The maximum Gasteiger partial charge on any atom is 0.130 e. The van der Waals surface area contributed by atoms with Crippen LogP contribution in [-0.4, -0.2) is 10.8 Å². The molecule has 0 amide bonds. The molecule has 4 heteroatoms. The summed E-state index contributed by atoms with van der Waals surface area (Å²) in [7, 11) is 0. The average molecular weight is 234 g/mol. The first kappa shape index (κ1) is 8.87. The van der Waals surface area contributed by atoms with Crippen LogP contribution < -0.4 is 0 Å². The SMILES string of the molecule is CC(=O)CCc1ncsc1Br. The molecule has 0 bridgehead atoms. The van der Waals surface area contributed by atoms with Gasteiger partial charge >= 0.3 is 0 Å². The van der Waals surface area contributed by atoms with Gasteiger partial charge in [-0.25, -0.2) is 4.98 Å². The zero-order valence-corrected chi connectivity index (χ0v) is 8.54. The Labute approximate surface area is 77.8 Å². The number of carbonyl (C=O) groups excluding carboxylic acids is 1. The van der Waals surface area contributed by atoms with E-state index in [1.165, 1.54) is 0 Å². The lowest BCUT2D eigenvalue weighted by atomic mass is 10.2. The van der Waals surface area contributed by atoms with Crippen molar-refractivity contribution < 1.29 is 4.79 Å². The molecule has 11 heavy (non-hydrogen) atoms. The lowest BCUT2D eigenvalue weighted by Gasteiger charge is -1.92. The standard InChI is InChI=1S/C7H8BrNOS/c1-5(10)2-3-6-7(8)11-4-9-6/h4H,2-3H2,1H3. The quantitative estimate of drug-likeness (QED) is 0.803. The van der Waals surface area contributed by atoms with Crippen LogP contribution in [-0.2, 0) is 11.2 Å². The normalized spacial score (nSPS) is 10.0. The third kappa shape index (κ3) is 2.71. The number of hydrogen-bond donors (Lipinski definition) is 0. The molecule has 60 valence electrons. The molecule has 0 saturated carbocycles. The highest BCUT2D eigenvalue weighted by Gasteiger charge is 2.03. The van der Waals surface area contributed by atoms with Gasteiger partial charge in [0.15, 0.2) is 0 Å². The Hall–Kier alpha value is -0.220. The molecule has 1 heterocycles. The number of halogens is 1. The first-order chi connectivity index (χ1) is 5.20. The molecule has 0 aliphatic heterocycles. The lowest BCUT2D eigenvalue weighted by Crippen LogP contribution is -1.94. The van der Waals surface area contributed by atoms with Crippen molar-refractivity contribution in [3.63, 3.8) is 0 Å². The first-order valence-corrected chi connectivity index (χ1v) is 4.94. The van der Waals surface area contributed by atoms with E-state index < -0.39 is 0 Å². The Balaban J connectivity index is 2.51. The third-order valence-electron chi connectivity index (χ3n) is 1.31. The van der Waals surface area contributed by atoms with E-state index in [-0.39, 0.29) is 5.78 Å². The summed E-state index contributed by atoms with van der Waals surface area (Å²) in [4.78, 5) is 14.7. The van der Waals surface area contributed by atoms with Crippen molar-refractivity contribution in [2.24, 2.45) is 0 Å². The van der Waals surface area contributed by atoms with Crippen LogP contribution in [0.3, 0.4) is 0 Å². The predicted molar refractivity (Wildman–Crippen MR) is 48.8 cm³/mol. The number of hydrogen-bond acceptors (Lipinski definition) is 3. The molecule has 0 aliphatic rings. The second-order valence-corrected chi connectivity index (χ2v) is 4.45. The number of ketones is 1. The molecule has 0 aliphatic carbocycles. The number of rotatable bonds is 3. The van der Waals surface area contributed by atoms with Gasteiger partial charge in [0, 0.05) is 6.42 Å². The van der Waals surface area contributed by atoms with Crippen LogP contribution in [0.25, 0.3) is 0 Å². The van der Waals surface area contributed by atoms with Crippen LogP contribution in [0.4, 0.5) is 0 Å². The summed E-state index contributed by atoms with van der Waals surface area (Å²) in [6.07, 6.45) is 1.34. The van der Waals surface area contributed by atoms with E-state index in [9.17, 15) is 4.79 Å². The largest absolute Gasteiger partial charge is 0.300 e. The molecule has 0 N–H and O–H groups in total. The van der Waals surface area contributed by atoms with Gasteiger partial charge in [-0.3, -0.25) is 0 Å². The number of aryl methyl sites for hydroxylation is 1. The van der Waals surface area contributed by atoms with E-state index in [2.05, 4.69) is 20.9 Å². The number of carbonyl (C=O) groups is 1. The van der Waals surface area contributed by atoms with Gasteiger partial charge in [0.05, 0.1) is 15.0 Å². The van der Waals surface area contributed by atoms with Gasteiger partial charge in [-0.15, -0.1) is 11.3 Å². The fourth-order valence-electron chi connectivity index (χ4n) is 0.712. The van der Waals surface area contributed by atoms with Crippen molar-refractivity contribution in [3.05, 3.63) is 15.0 Å². The molecule has 0 aromatic carbocycles. The fraction of sp³-hybridized carbons (Fsp3) is 0.429. The smallest absolute Gasteiger partial charge is 0.130 e. The van der Waals surface area contributed by atoms with Crippen molar-refractivity contribution in [1.29, 1.82) is 0 Å². The molecule has 1 rings (SSSR count). The summed E-state index contributed by atoms with van der Waals surface area (Å²) in [6, 6.07) is 0. The van der Waals surface area contributed by atoms with E-state index in [1.807, 2.05) is 0 Å². The molecule has 1 aromatic rings. The second-order valence-electron chi connectivity index (χ2n) is 2.27. The highest BCUT2D eigenvalue weighted by Crippen LogP contribution is 2.21. The van der Waals surface area contributed by atoms with E-state index in [0.717, 1.165) is 15.9 Å². The van der Waals surface area contributed by atoms with Gasteiger partial charge < -0.3 is 4.79 Å². The zero-order chi connectivity index (χ0) is 8.27. The maximum absolute atomic E-state index is 10.6. The minimum Gasteiger partial charge on any atom is -0.300 e. The van der Waals surface area contributed by atoms with Gasteiger partial charge in [-0.1, -0.05) is 0 Å². The minimum atomic E-state index is 0.213. The molecule has 0 spiro atoms. The van der Waals surface area contributed by atoms with Crippen LogP contribution in [0, 0.1) is 0 Å². The Morgan fingerprint density at radius 3 is 3.00 bits per heavy atom. The van der Waals surface area contributed by atoms with Crippen LogP contribution in [0.2, 0.25) is 0 Å². The summed E-state index contributed by atoms with van der Waals surface area (Å²) in [5.74, 6) is 0.213. The van der Waals surface area contributed by atoms with Crippen LogP contribution in [0.1, 0.15) is 19.0 Å². The van der Waals surface area contributed by atoms with Crippen molar-refractivity contribution >= 4 is 33.0 Å². The molecule has 0 fully saturated rings. The van der Waals surface area contributed by atoms with Gasteiger partial charge in [-0.2, -0.15) is 0 Å². The topological polar surface area (TPSA) is 30.0 Å². The highest BCUT2D eigenvalue weighted by molar-refractivity contribution is 9.11. The van der Waals surface area contributed by atoms with Crippen molar-refractivity contribution in [2.45, 2.75) is 19.8 Å². The van der Waals surface area contributed by atoms with E-state index in [1.54, 1.807) is 23.8 Å². The third-order valence-corrected chi connectivity index (χ3v) is 2.98. The second kappa shape index (κ2) is 3.97. The lowest BCUT2D eigenvalue weighted by molar-refractivity contribution is -0.116. The van der Waals surface area contributed by atoms with Crippen molar-refractivity contribution in [3.8, 4) is 0 Å². The van der Waals surface area contributed by atoms with Gasteiger partial charge in [0.25, 0.3) is 0 Å². The Kier molecular flexibility index (Phi) is 3.20. The predicted octanol–water partition coefficient (Wildman–Crippen LogP) is 2.43. The Morgan fingerprint density at radius 2 is 2.55 bits per heavy atom. The molecule has 0 atom stereocenters. The summed E-state index contributed by atoms with van der Waals surface area (Å²) < 4.78 is 1.04. The molecular formula is C7H8BrNOS. The molecule has 1 aromatic heterocycles. The van der Waals surface area contributed by atoms with E-state index in [0.29, 0.717) is 6.42 Å². The highest BCUT2D eigenvalue weighted by atomic mass is 79.9. The number of nitrogens with zero attached hydrogens (tertiary/aromatic N) is 1. The van der Waals surface area contributed by atoms with Crippen LogP contribution in [0.5, 0.6) is 0 Å². The molecule has 0 radical (unpaired) electrons. The average Bonchev–Trinajstić information content (AvgIpc) is 2.31. The van der Waals surface area contributed by atoms with Crippen LogP contribution in [0.15, 0.2) is 9.30 Å². The zero-order valence-electron chi connectivity index (χ0n) is 6.13. The summed E-state index contributed by atoms with van der Waals surface area (Å²) in [5, 5.41) is 0. The molecular weight excluding hydrogens is 226 g/mol. The molecule has 2 nitrogen and oxygen atoms in total. The minimum absolute atomic E-state index is 0.213. The van der Waals surface area contributed by atoms with E-state index in [4.69, 9.17) is 0 Å². The van der Waals surface area contributed by atoms with Gasteiger partial charge in [0.2, 0.25) is 0 Å². The number of thiazole rings is 1. The van der Waals surface area contributed by atoms with Gasteiger partial charge in [0.1, 0.15) is 5.78 Å². The molecule has 0 saturated heterocycles. The summed E-state index contributed by atoms with van der Waals surface area (Å²) >= 11 is 4.91. The van der Waals surface area contributed by atoms with E-state index >= 15 is 0 Å². The fourth-order valence-corrected chi connectivity index (χ4v) is 1.83. The monoisotopic (exact) mass is 233 g/mol. The summed E-state index contributed by atoms with van der Waals surface area (Å²) in [6.45, 7) is 1.60. The number of Topliss-reactive ketones (excluding diaryl/α,β-unsaturated/α-hetero) is 1.